The Hall–Kier alpha value is -1.10. The van der Waals surface area contributed by atoms with E-state index in [4.69, 9.17) is 9.84 Å². The summed E-state index contributed by atoms with van der Waals surface area (Å²) in [5.74, 6) is -1.27. The highest BCUT2D eigenvalue weighted by Crippen LogP contribution is 2.31. The second kappa shape index (κ2) is 6.89. The van der Waals surface area contributed by atoms with Crippen LogP contribution in [0, 0.1) is 11.8 Å². The van der Waals surface area contributed by atoms with Gasteiger partial charge in [0.2, 0.25) is 5.91 Å². The Morgan fingerprint density at radius 2 is 1.79 bits per heavy atom. The Morgan fingerprint density at radius 3 is 2.42 bits per heavy atom. The first kappa shape index (κ1) is 14.3. The van der Waals surface area contributed by atoms with Crippen molar-refractivity contribution in [1.29, 1.82) is 0 Å². The highest BCUT2D eigenvalue weighted by molar-refractivity contribution is 5.80. The first-order chi connectivity index (χ1) is 9.16. The number of carbonyl (C=O) groups excluding carboxylic acids is 1. The number of ether oxygens (including phenoxy) is 1. The maximum absolute atomic E-state index is 11.8. The van der Waals surface area contributed by atoms with Crippen molar-refractivity contribution in [2.75, 3.05) is 13.2 Å². The van der Waals surface area contributed by atoms with Gasteiger partial charge >= 0.3 is 5.97 Å². The average molecular weight is 269 g/mol. The molecule has 0 saturated heterocycles. The van der Waals surface area contributed by atoms with E-state index in [1.807, 2.05) is 0 Å². The largest absolute Gasteiger partial charge is 0.481 e. The lowest BCUT2D eigenvalue weighted by molar-refractivity contribution is -0.141. The van der Waals surface area contributed by atoms with Gasteiger partial charge in [0.15, 0.2) is 0 Å². The maximum atomic E-state index is 11.8. The van der Waals surface area contributed by atoms with Gasteiger partial charge in [-0.15, -0.1) is 0 Å². The third-order valence-corrected chi connectivity index (χ3v) is 4.21. The second-order valence-corrected chi connectivity index (χ2v) is 5.61. The molecule has 0 radical (unpaired) electrons. The van der Waals surface area contributed by atoms with Crippen molar-refractivity contribution >= 4 is 11.9 Å². The predicted octanol–water partition coefficient (Wildman–Crippen LogP) is 1.56. The van der Waals surface area contributed by atoms with Gasteiger partial charge in [-0.3, -0.25) is 9.59 Å². The van der Waals surface area contributed by atoms with Crippen LogP contribution in [0.25, 0.3) is 0 Å². The molecule has 0 bridgehead atoms. The van der Waals surface area contributed by atoms with Gasteiger partial charge in [-0.2, -0.15) is 0 Å². The Labute approximate surface area is 113 Å². The molecule has 1 amide bonds. The molecule has 2 N–H and O–H groups in total. The summed E-state index contributed by atoms with van der Waals surface area (Å²) >= 11 is 0. The van der Waals surface area contributed by atoms with E-state index in [9.17, 15) is 9.59 Å². The number of carboxylic acid groups (broad SMARTS) is 1. The summed E-state index contributed by atoms with van der Waals surface area (Å²) in [4.78, 5) is 22.7. The minimum atomic E-state index is -0.778. The number of carboxylic acids is 1. The van der Waals surface area contributed by atoms with Crippen molar-refractivity contribution in [3.8, 4) is 0 Å². The summed E-state index contributed by atoms with van der Waals surface area (Å²) in [7, 11) is 0. The van der Waals surface area contributed by atoms with Gasteiger partial charge in [0.05, 0.1) is 18.6 Å². The number of carbonyl (C=O) groups is 2. The minimum absolute atomic E-state index is 0.0150. The van der Waals surface area contributed by atoms with Crippen molar-refractivity contribution in [2.45, 2.75) is 51.0 Å². The molecule has 2 unspecified atom stereocenters. The quantitative estimate of drug-likeness (QED) is 0.718. The molecule has 2 aliphatic rings. The summed E-state index contributed by atoms with van der Waals surface area (Å²) in [6.45, 7) is 1.09. The zero-order valence-electron chi connectivity index (χ0n) is 11.3. The topological polar surface area (TPSA) is 75.6 Å². The summed E-state index contributed by atoms with van der Waals surface area (Å²) in [6.07, 6.45) is 6.92. The van der Waals surface area contributed by atoms with Gasteiger partial charge in [-0.1, -0.05) is 12.8 Å². The first-order valence-corrected chi connectivity index (χ1v) is 7.29. The van der Waals surface area contributed by atoms with Crippen LogP contribution in [0.2, 0.25) is 0 Å². The molecule has 0 aliphatic heterocycles. The molecule has 0 aromatic heterocycles. The lowest BCUT2D eigenvalue weighted by Gasteiger charge is -2.13. The third kappa shape index (κ3) is 4.20. The van der Waals surface area contributed by atoms with Gasteiger partial charge in [0.25, 0.3) is 0 Å². The van der Waals surface area contributed by atoms with E-state index >= 15 is 0 Å². The van der Waals surface area contributed by atoms with Crippen LogP contribution < -0.4 is 5.32 Å². The van der Waals surface area contributed by atoms with Crippen LogP contribution in [0.4, 0.5) is 0 Å². The number of hydrogen-bond donors (Lipinski definition) is 2. The molecule has 0 spiro atoms. The molecule has 5 nitrogen and oxygen atoms in total. The lowest BCUT2D eigenvalue weighted by Crippen LogP contribution is -2.33. The highest BCUT2D eigenvalue weighted by atomic mass is 16.5. The van der Waals surface area contributed by atoms with Gasteiger partial charge in [0.1, 0.15) is 0 Å². The molecule has 2 atom stereocenters. The number of aliphatic carboxylic acids is 1. The number of hydrogen-bond acceptors (Lipinski definition) is 3. The number of amides is 1. The highest BCUT2D eigenvalue weighted by Gasteiger charge is 2.33. The maximum Gasteiger partial charge on any atom is 0.306 e. The zero-order chi connectivity index (χ0) is 13.7. The minimum Gasteiger partial charge on any atom is -0.481 e. The predicted molar refractivity (Wildman–Crippen MR) is 69.7 cm³/mol. The SMILES string of the molecule is O=C(O)C1CCC(C(=O)NCCOC2CCCC2)C1. The van der Waals surface area contributed by atoms with Gasteiger partial charge in [-0.25, -0.2) is 0 Å². The summed E-state index contributed by atoms with van der Waals surface area (Å²) in [5, 5.41) is 11.7. The molecule has 2 fully saturated rings. The Morgan fingerprint density at radius 1 is 1.11 bits per heavy atom. The molecule has 2 saturated carbocycles. The molecule has 19 heavy (non-hydrogen) atoms. The fourth-order valence-corrected chi connectivity index (χ4v) is 3.04. The van der Waals surface area contributed by atoms with Crippen molar-refractivity contribution < 1.29 is 19.4 Å². The fourth-order valence-electron chi connectivity index (χ4n) is 3.04. The smallest absolute Gasteiger partial charge is 0.306 e. The molecular formula is C14H23NO4. The molecule has 0 aromatic rings. The van der Waals surface area contributed by atoms with Crippen LogP contribution in [-0.4, -0.2) is 36.2 Å². The number of rotatable bonds is 6. The van der Waals surface area contributed by atoms with Crippen molar-refractivity contribution in [2.24, 2.45) is 11.8 Å². The lowest BCUT2D eigenvalue weighted by atomic mass is 10.0. The van der Waals surface area contributed by atoms with E-state index in [1.165, 1.54) is 12.8 Å². The fraction of sp³-hybridized carbons (Fsp3) is 0.857. The van der Waals surface area contributed by atoms with Gasteiger partial charge in [0, 0.05) is 12.5 Å². The standard InChI is InChI=1S/C14H23NO4/c16-13(10-5-6-11(9-10)14(17)18)15-7-8-19-12-3-1-2-4-12/h10-12H,1-9H2,(H,15,16)(H,17,18). The molecule has 108 valence electrons. The van der Waals surface area contributed by atoms with E-state index in [-0.39, 0.29) is 17.7 Å². The van der Waals surface area contributed by atoms with E-state index in [0.29, 0.717) is 38.5 Å². The molecule has 2 aliphatic carbocycles. The molecule has 0 aromatic carbocycles. The van der Waals surface area contributed by atoms with Crippen molar-refractivity contribution in [3.63, 3.8) is 0 Å². The molecular weight excluding hydrogens is 246 g/mol. The molecule has 2 rings (SSSR count). The third-order valence-electron chi connectivity index (χ3n) is 4.21. The van der Waals surface area contributed by atoms with Gasteiger partial charge in [-0.05, 0) is 32.1 Å². The Balaban J connectivity index is 1.58. The van der Waals surface area contributed by atoms with E-state index in [0.717, 1.165) is 12.8 Å². The Bertz CT molecular complexity index is 325. The van der Waals surface area contributed by atoms with E-state index < -0.39 is 5.97 Å². The van der Waals surface area contributed by atoms with Crippen LogP contribution in [0.15, 0.2) is 0 Å². The van der Waals surface area contributed by atoms with Crippen LogP contribution in [0.5, 0.6) is 0 Å². The first-order valence-electron chi connectivity index (χ1n) is 7.29. The van der Waals surface area contributed by atoms with Crippen LogP contribution in [0.1, 0.15) is 44.9 Å². The van der Waals surface area contributed by atoms with Crippen molar-refractivity contribution in [3.05, 3.63) is 0 Å². The van der Waals surface area contributed by atoms with Gasteiger partial charge < -0.3 is 15.2 Å². The number of nitrogens with one attached hydrogen (secondary N) is 1. The summed E-state index contributed by atoms with van der Waals surface area (Å²) < 4.78 is 5.67. The second-order valence-electron chi connectivity index (χ2n) is 5.61. The average Bonchev–Trinajstić information content (AvgIpc) is 3.05. The summed E-state index contributed by atoms with van der Waals surface area (Å²) in [5.41, 5.74) is 0. The van der Waals surface area contributed by atoms with Crippen LogP contribution in [-0.2, 0) is 14.3 Å². The molecule has 0 heterocycles. The van der Waals surface area contributed by atoms with Crippen molar-refractivity contribution in [1.82, 2.24) is 5.32 Å². The van der Waals surface area contributed by atoms with Crippen LogP contribution >= 0.6 is 0 Å². The Kier molecular flexibility index (Phi) is 5.19. The molecule has 5 heteroatoms. The normalized spacial score (nSPS) is 27.6. The van der Waals surface area contributed by atoms with Crippen LogP contribution in [0.3, 0.4) is 0 Å². The zero-order valence-corrected chi connectivity index (χ0v) is 11.3. The summed E-state index contributed by atoms with van der Waals surface area (Å²) in [6, 6.07) is 0. The van der Waals surface area contributed by atoms with E-state index in [1.54, 1.807) is 0 Å². The van der Waals surface area contributed by atoms with E-state index in [2.05, 4.69) is 5.32 Å². The monoisotopic (exact) mass is 269 g/mol.